The van der Waals surface area contributed by atoms with Gasteiger partial charge in [-0.3, -0.25) is 0 Å². The number of nitrogen functional groups attached to an aromatic ring is 1. The molecule has 2 nitrogen and oxygen atoms in total. The Morgan fingerprint density at radius 3 is 2.58 bits per heavy atom. The van der Waals surface area contributed by atoms with Crippen molar-refractivity contribution in [2.24, 2.45) is 5.73 Å². The summed E-state index contributed by atoms with van der Waals surface area (Å²) < 4.78 is 24.6. The van der Waals surface area contributed by atoms with E-state index in [1.807, 2.05) is 0 Å². The van der Waals surface area contributed by atoms with E-state index in [2.05, 4.69) is 0 Å². The van der Waals surface area contributed by atoms with Gasteiger partial charge in [-0.25, -0.2) is 8.78 Å². The number of nitrogens with two attached hydrogens (primary N) is 2. The Hall–Kier alpha value is -1.16. The fraction of sp³-hybridized carbons (Fsp3) is 0.250. The monoisotopic (exact) mass is 172 g/mol. The summed E-state index contributed by atoms with van der Waals surface area (Å²) in [5.74, 6) is -0.442. The highest BCUT2D eigenvalue weighted by Crippen LogP contribution is 2.19. The second-order valence-electron chi connectivity index (χ2n) is 2.53. The molecule has 1 unspecified atom stereocenters. The molecule has 12 heavy (non-hydrogen) atoms. The second kappa shape index (κ2) is 3.49. The highest BCUT2D eigenvalue weighted by molar-refractivity contribution is 5.48. The first-order valence-corrected chi connectivity index (χ1v) is 3.51. The summed E-state index contributed by atoms with van der Waals surface area (Å²) in [6.45, 7) is -0.699. The molecule has 0 aromatic heterocycles. The maximum Gasteiger partial charge on any atom is 0.125 e. The van der Waals surface area contributed by atoms with Crippen LogP contribution in [0.25, 0.3) is 0 Å². The van der Waals surface area contributed by atoms with Crippen LogP contribution < -0.4 is 11.5 Å². The lowest BCUT2D eigenvalue weighted by atomic mass is 10.1. The van der Waals surface area contributed by atoms with Crippen molar-refractivity contribution in [2.45, 2.75) is 6.04 Å². The molecule has 4 N–H and O–H groups in total. The minimum absolute atomic E-state index is 0.195. The van der Waals surface area contributed by atoms with Gasteiger partial charge < -0.3 is 11.5 Å². The van der Waals surface area contributed by atoms with E-state index in [9.17, 15) is 8.78 Å². The average molecular weight is 172 g/mol. The van der Waals surface area contributed by atoms with Crippen LogP contribution in [0.4, 0.5) is 14.5 Å². The van der Waals surface area contributed by atoms with Gasteiger partial charge in [0.15, 0.2) is 0 Å². The third-order valence-corrected chi connectivity index (χ3v) is 1.61. The Bertz CT molecular complexity index is 276. The molecule has 0 amide bonds. The largest absolute Gasteiger partial charge is 0.398 e. The molecule has 0 saturated carbocycles. The molecule has 0 saturated heterocycles. The van der Waals surface area contributed by atoms with Crippen LogP contribution in [-0.4, -0.2) is 6.67 Å². The normalized spacial score (nSPS) is 12.9. The first-order valence-electron chi connectivity index (χ1n) is 3.51. The maximum atomic E-state index is 12.5. The fourth-order valence-corrected chi connectivity index (χ4v) is 0.966. The van der Waals surface area contributed by atoms with E-state index in [1.54, 1.807) is 0 Å². The Labute approximate surface area is 69.2 Å². The SMILES string of the molecule is Nc1cc(F)ccc1C(N)CF. The molecule has 0 spiro atoms. The van der Waals surface area contributed by atoms with Crippen molar-refractivity contribution in [3.8, 4) is 0 Å². The summed E-state index contributed by atoms with van der Waals surface area (Å²) in [5, 5.41) is 0. The van der Waals surface area contributed by atoms with E-state index in [0.29, 0.717) is 5.56 Å². The number of anilines is 1. The molecule has 1 aromatic carbocycles. The predicted octanol–water partition coefficient (Wildman–Crippen LogP) is 1.38. The maximum absolute atomic E-state index is 12.5. The lowest BCUT2D eigenvalue weighted by Crippen LogP contribution is -2.14. The predicted molar refractivity (Wildman–Crippen MR) is 43.7 cm³/mol. The molecule has 1 aromatic rings. The van der Waals surface area contributed by atoms with Crippen LogP contribution in [-0.2, 0) is 0 Å². The minimum atomic E-state index is -0.759. The van der Waals surface area contributed by atoms with Crippen LogP contribution in [0.3, 0.4) is 0 Å². The molecular formula is C8H10F2N2. The molecule has 66 valence electrons. The van der Waals surface area contributed by atoms with E-state index in [0.717, 1.165) is 6.07 Å². The Morgan fingerprint density at radius 2 is 2.08 bits per heavy atom. The molecule has 4 heteroatoms. The summed E-state index contributed by atoms with van der Waals surface area (Å²) in [5.41, 5.74) is 11.4. The first kappa shape index (κ1) is 8.93. The van der Waals surface area contributed by atoms with Gasteiger partial charge >= 0.3 is 0 Å². The Morgan fingerprint density at radius 1 is 1.42 bits per heavy atom. The summed E-state index contributed by atoms with van der Waals surface area (Å²) >= 11 is 0. The molecule has 0 aliphatic carbocycles. The quantitative estimate of drug-likeness (QED) is 0.662. The van der Waals surface area contributed by atoms with Crippen LogP contribution in [0.2, 0.25) is 0 Å². The summed E-state index contributed by atoms with van der Waals surface area (Å²) in [6.07, 6.45) is 0. The zero-order valence-electron chi connectivity index (χ0n) is 6.43. The topological polar surface area (TPSA) is 52.0 Å². The number of benzene rings is 1. The van der Waals surface area contributed by atoms with Gasteiger partial charge in [-0.1, -0.05) is 6.07 Å². The van der Waals surface area contributed by atoms with Crippen LogP contribution in [0.1, 0.15) is 11.6 Å². The van der Waals surface area contributed by atoms with Crippen LogP contribution in [0, 0.1) is 5.82 Å². The number of halogens is 2. The lowest BCUT2D eigenvalue weighted by Gasteiger charge is -2.09. The molecule has 0 bridgehead atoms. The molecule has 0 aliphatic rings. The number of rotatable bonds is 2. The molecule has 0 aliphatic heterocycles. The van der Waals surface area contributed by atoms with Crippen molar-refractivity contribution in [1.29, 1.82) is 0 Å². The van der Waals surface area contributed by atoms with Crippen molar-refractivity contribution >= 4 is 5.69 Å². The third kappa shape index (κ3) is 1.71. The highest BCUT2D eigenvalue weighted by Gasteiger charge is 2.08. The number of hydrogen-bond acceptors (Lipinski definition) is 2. The number of hydrogen-bond donors (Lipinski definition) is 2. The van der Waals surface area contributed by atoms with E-state index in [1.165, 1.54) is 12.1 Å². The van der Waals surface area contributed by atoms with Gasteiger partial charge in [0.25, 0.3) is 0 Å². The van der Waals surface area contributed by atoms with Gasteiger partial charge in [0.05, 0.1) is 6.04 Å². The smallest absolute Gasteiger partial charge is 0.125 e. The van der Waals surface area contributed by atoms with Crippen LogP contribution in [0.5, 0.6) is 0 Å². The van der Waals surface area contributed by atoms with Crippen molar-refractivity contribution in [1.82, 2.24) is 0 Å². The lowest BCUT2D eigenvalue weighted by molar-refractivity contribution is 0.437. The summed E-state index contributed by atoms with van der Waals surface area (Å²) in [4.78, 5) is 0. The van der Waals surface area contributed by atoms with E-state index >= 15 is 0 Å². The minimum Gasteiger partial charge on any atom is -0.398 e. The average Bonchev–Trinajstić information content (AvgIpc) is 2.03. The molecule has 1 atom stereocenters. The van der Waals surface area contributed by atoms with Gasteiger partial charge in [-0.05, 0) is 17.7 Å². The van der Waals surface area contributed by atoms with Crippen molar-refractivity contribution in [3.63, 3.8) is 0 Å². The van der Waals surface area contributed by atoms with E-state index in [-0.39, 0.29) is 5.69 Å². The van der Waals surface area contributed by atoms with Gasteiger partial charge in [0.2, 0.25) is 0 Å². The van der Waals surface area contributed by atoms with Gasteiger partial charge in [-0.2, -0.15) is 0 Å². The van der Waals surface area contributed by atoms with Crippen molar-refractivity contribution < 1.29 is 8.78 Å². The van der Waals surface area contributed by atoms with Crippen molar-refractivity contribution in [2.75, 3.05) is 12.4 Å². The summed E-state index contributed by atoms with van der Waals surface area (Å²) in [6, 6.07) is 2.98. The first-order chi connectivity index (χ1) is 5.65. The fourth-order valence-electron chi connectivity index (χ4n) is 0.966. The number of alkyl halides is 1. The highest BCUT2D eigenvalue weighted by atomic mass is 19.1. The molecular weight excluding hydrogens is 162 g/mol. The van der Waals surface area contributed by atoms with Gasteiger partial charge in [-0.15, -0.1) is 0 Å². The van der Waals surface area contributed by atoms with Crippen LogP contribution >= 0.6 is 0 Å². The van der Waals surface area contributed by atoms with E-state index < -0.39 is 18.5 Å². The molecule has 0 fully saturated rings. The van der Waals surface area contributed by atoms with Gasteiger partial charge in [0, 0.05) is 5.69 Å². The van der Waals surface area contributed by atoms with Crippen LogP contribution in [0.15, 0.2) is 18.2 Å². The van der Waals surface area contributed by atoms with Crippen molar-refractivity contribution in [3.05, 3.63) is 29.6 Å². The van der Waals surface area contributed by atoms with Gasteiger partial charge in [0.1, 0.15) is 12.5 Å². The third-order valence-electron chi connectivity index (χ3n) is 1.61. The zero-order chi connectivity index (χ0) is 9.14. The second-order valence-corrected chi connectivity index (χ2v) is 2.53. The Kier molecular flexibility index (Phi) is 2.60. The molecule has 0 radical (unpaired) electrons. The summed E-state index contributed by atoms with van der Waals surface area (Å²) in [7, 11) is 0. The molecule has 0 heterocycles. The standard InChI is InChI=1S/C8H10F2N2/c9-4-8(12)6-2-1-5(10)3-7(6)11/h1-3,8H,4,11-12H2. The zero-order valence-corrected chi connectivity index (χ0v) is 6.43. The Balaban J connectivity index is 3.01. The molecule has 1 rings (SSSR count). The van der Waals surface area contributed by atoms with E-state index in [4.69, 9.17) is 11.5 Å².